The number of hydrogen-bond acceptors (Lipinski definition) is 2. The molecule has 1 amide bonds. The van der Waals surface area contributed by atoms with Crippen LogP contribution in [0.3, 0.4) is 0 Å². The molecule has 3 nitrogen and oxygen atoms in total. The zero-order chi connectivity index (χ0) is 11.6. The summed E-state index contributed by atoms with van der Waals surface area (Å²) in [7, 11) is 1.38. The largest absolute Gasteiger partial charge is 0.384 e. The maximum atomic E-state index is 13.3. The molecule has 0 radical (unpaired) electrons. The second kappa shape index (κ2) is 4.59. The summed E-state index contributed by atoms with van der Waals surface area (Å²) in [6.07, 6.45) is -1.17. The maximum absolute atomic E-state index is 13.3. The van der Waals surface area contributed by atoms with Crippen LogP contribution in [0.15, 0.2) is 18.2 Å². The van der Waals surface area contributed by atoms with E-state index in [9.17, 15) is 9.18 Å². The van der Waals surface area contributed by atoms with Gasteiger partial charge in [0, 0.05) is 12.1 Å². The van der Waals surface area contributed by atoms with Gasteiger partial charge in [0.15, 0.2) is 0 Å². The lowest BCUT2D eigenvalue weighted by molar-refractivity contribution is -0.125. The summed E-state index contributed by atoms with van der Waals surface area (Å²) in [6, 6.07) is 3.89. The Morgan fingerprint density at radius 2 is 2.20 bits per heavy atom. The van der Waals surface area contributed by atoms with Crippen LogP contribution in [0.2, 0.25) is 5.02 Å². The molecule has 1 N–H and O–H groups in total. The third-order valence-corrected chi connectivity index (χ3v) is 2.19. The summed E-state index contributed by atoms with van der Waals surface area (Å²) in [4.78, 5) is 12.4. The van der Waals surface area contributed by atoms with Gasteiger partial charge in [-0.3, -0.25) is 4.79 Å². The van der Waals surface area contributed by atoms with Gasteiger partial charge in [-0.25, -0.2) is 4.39 Å². The number of carbonyl (C=O) groups excluding carboxylic acids is 1. The SMILES string of the molecule is CC(O)C(=O)N(C)c1cc(Cl)ccc1F. The van der Waals surface area contributed by atoms with Crippen molar-refractivity contribution < 1.29 is 14.3 Å². The molecule has 0 saturated carbocycles. The van der Waals surface area contributed by atoms with Gasteiger partial charge in [0.05, 0.1) is 5.69 Å². The second-order valence-corrected chi connectivity index (χ2v) is 3.61. The molecule has 1 rings (SSSR count). The van der Waals surface area contributed by atoms with Gasteiger partial charge < -0.3 is 10.0 Å². The summed E-state index contributed by atoms with van der Waals surface area (Å²) < 4.78 is 13.3. The number of nitrogens with zero attached hydrogens (tertiary/aromatic N) is 1. The van der Waals surface area contributed by atoms with E-state index in [0.29, 0.717) is 5.02 Å². The number of anilines is 1. The van der Waals surface area contributed by atoms with E-state index in [1.165, 1.54) is 32.2 Å². The minimum atomic E-state index is -1.17. The highest BCUT2D eigenvalue weighted by molar-refractivity contribution is 6.30. The lowest BCUT2D eigenvalue weighted by atomic mass is 10.2. The predicted molar refractivity (Wildman–Crippen MR) is 56.5 cm³/mol. The summed E-state index contributed by atoms with van der Waals surface area (Å²) in [5, 5.41) is 9.40. The van der Waals surface area contributed by atoms with Crippen LogP contribution in [0.1, 0.15) is 6.92 Å². The highest BCUT2D eigenvalue weighted by Crippen LogP contribution is 2.23. The smallest absolute Gasteiger partial charge is 0.255 e. The Kier molecular flexibility index (Phi) is 3.66. The molecule has 1 atom stereocenters. The highest BCUT2D eigenvalue weighted by Gasteiger charge is 2.18. The Balaban J connectivity index is 3.05. The molecular weight excluding hydrogens is 221 g/mol. The fourth-order valence-electron chi connectivity index (χ4n) is 1.14. The van der Waals surface area contributed by atoms with Gasteiger partial charge in [-0.2, -0.15) is 0 Å². The van der Waals surface area contributed by atoms with Crippen molar-refractivity contribution in [3.05, 3.63) is 29.0 Å². The number of aliphatic hydroxyl groups is 1. The molecule has 0 spiro atoms. The summed E-state index contributed by atoms with van der Waals surface area (Å²) in [6.45, 7) is 1.32. The first-order valence-corrected chi connectivity index (χ1v) is 4.72. The van der Waals surface area contributed by atoms with E-state index in [4.69, 9.17) is 16.7 Å². The molecule has 0 aliphatic rings. The molecule has 0 fully saturated rings. The average molecular weight is 232 g/mol. The van der Waals surface area contributed by atoms with Gasteiger partial charge in [-0.1, -0.05) is 11.6 Å². The van der Waals surface area contributed by atoms with Crippen molar-refractivity contribution in [2.75, 3.05) is 11.9 Å². The van der Waals surface area contributed by atoms with E-state index in [2.05, 4.69) is 0 Å². The molecule has 5 heteroatoms. The van der Waals surface area contributed by atoms with Gasteiger partial charge in [0.2, 0.25) is 0 Å². The summed E-state index contributed by atoms with van der Waals surface area (Å²) in [5.74, 6) is -1.15. The van der Waals surface area contributed by atoms with Crippen LogP contribution < -0.4 is 4.90 Å². The van der Waals surface area contributed by atoms with Crippen molar-refractivity contribution in [2.45, 2.75) is 13.0 Å². The van der Waals surface area contributed by atoms with Crippen molar-refractivity contribution in [1.29, 1.82) is 0 Å². The third kappa shape index (κ3) is 2.67. The fourth-order valence-corrected chi connectivity index (χ4v) is 1.31. The molecule has 0 aliphatic carbocycles. The molecule has 0 saturated heterocycles. The summed E-state index contributed by atoms with van der Waals surface area (Å²) in [5.41, 5.74) is 0.0494. The van der Waals surface area contributed by atoms with Crippen molar-refractivity contribution in [3.63, 3.8) is 0 Å². The van der Waals surface area contributed by atoms with E-state index < -0.39 is 17.8 Å². The van der Waals surface area contributed by atoms with E-state index in [1.807, 2.05) is 0 Å². The number of halogens is 2. The Morgan fingerprint density at radius 1 is 1.60 bits per heavy atom. The topological polar surface area (TPSA) is 40.5 Å². The van der Waals surface area contributed by atoms with Crippen molar-refractivity contribution >= 4 is 23.2 Å². The lowest BCUT2D eigenvalue weighted by Crippen LogP contribution is -2.35. The van der Waals surface area contributed by atoms with Crippen LogP contribution in [0.5, 0.6) is 0 Å². The molecule has 82 valence electrons. The zero-order valence-corrected chi connectivity index (χ0v) is 9.12. The number of benzene rings is 1. The van der Waals surface area contributed by atoms with Crippen LogP contribution in [0.25, 0.3) is 0 Å². The maximum Gasteiger partial charge on any atom is 0.255 e. The number of aliphatic hydroxyl groups excluding tert-OH is 1. The number of likely N-dealkylation sites (N-methyl/N-ethyl adjacent to an activating group) is 1. The van der Waals surface area contributed by atoms with Crippen molar-refractivity contribution in [1.82, 2.24) is 0 Å². The highest BCUT2D eigenvalue weighted by atomic mass is 35.5. The minimum Gasteiger partial charge on any atom is -0.384 e. The van der Waals surface area contributed by atoms with Gasteiger partial charge in [-0.15, -0.1) is 0 Å². The van der Waals surface area contributed by atoms with E-state index in [0.717, 1.165) is 4.90 Å². The number of hydrogen-bond donors (Lipinski definition) is 1. The van der Waals surface area contributed by atoms with Crippen molar-refractivity contribution in [2.24, 2.45) is 0 Å². The first-order valence-electron chi connectivity index (χ1n) is 4.34. The van der Waals surface area contributed by atoms with Gasteiger partial charge in [0.25, 0.3) is 5.91 Å². The molecule has 0 aliphatic heterocycles. The lowest BCUT2D eigenvalue weighted by Gasteiger charge is -2.19. The van der Waals surface area contributed by atoms with Crippen LogP contribution in [0.4, 0.5) is 10.1 Å². The molecule has 0 bridgehead atoms. The Morgan fingerprint density at radius 3 is 2.73 bits per heavy atom. The number of carbonyl (C=O) groups is 1. The standard InChI is InChI=1S/C10H11ClFNO2/c1-6(14)10(15)13(2)9-5-7(11)3-4-8(9)12/h3-6,14H,1-2H3. The number of amides is 1. The normalized spacial score (nSPS) is 12.3. The van der Waals surface area contributed by atoms with Crippen LogP contribution in [-0.4, -0.2) is 24.2 Å². The third-order valence-electron chi connectivity index (χ3n) is 1.96. The first kappa shape index (κ1) is 11.9. The molecular formula is C10H11ClFNO2. The molecule has 15 heavy (non-hydrogen) atoms. The fraction of sp³-hybridized carbons (Fsp3) is 0.300. The quantitative estimate of drug-likeness (QED) is 0.844. The molecule has 0 heterocycles. The van der Waals surface area contributed by atoms with Crippen LogP contribution >= 0.6 is 11.6 Å². The van der Waals surface area contributed by atoms with E-state index in [1.54, 1.807) is 0 Å². The zero-order valence-electron chi connectivity index (χ0n) is 8.37. The predicted octanol–water partition coefficient (Wildman–Crippen LogP) is 1.82. The Labute approximate surface area is 92.1 Å². The second-order valence-electron chi connectivity index (χ2n) is 3.17. The van der Waals surface area contributed by atoms with Gasteiger partial charge in [0.1, 0.15) is 11.9 Å². The summed E-state index contributed by atoms with van der Waals surface area (Å²) >= 11 is 5.68. The van der Waals surface area contributed by atoms with Crippen LogP contribution in [-0.2, 0) is 4.79 Å². The van der Waals surface area contributed by atoms with Gasteiger partial charge in [-0.05, 0) is 25.1 Å². The van der Waals surface area contributed by atoms with Crippen molar-refractivity contribution in [3.8, 4) is 0 Å². The molecule has 1 aromatic carbocycles. The monoisotopic (exact) mass is 231 g/mol. The molecule has 1 unspecified atom stereocenters. The molecule has 1 aromatic rings. The van der Waals surface area contributed by atoms with E-state index in [-0.39, 0.29) is 5.69 Å². The Bertz CT molecular complexity index is 382. The van der Waals surface area contributed by atoms with Gasteiger partial charge >= 0.3 is 0 Å². The van der Waals surface area contributed by atoms with Crippen LogP contribution in [0, 0.1) is 5.82 Å². The number of rotatable bonds is 2. The molecule has 0 aromatic heterocycles. The average Bonchev–Trinajstić information content (AvgIpc) is 2.19. The Hall–Kier alpha value is -1.13. The minimum absolute atomic E-state index is 0.0494. The first-order chi connectivity index (χ1) is 6.93. The van der Waals surface area contributed by atoms with E-state index >= 15 is 0 Å².